The Balaban J connectivity index is 2.68. The second kappa shape index (κ2) is 4.27. The smallest absolute Gasteiger partial charge is 0.316 e. The van der Waals surface area contributed by atoms with Crippen molar-refractivity contribution in [1.82, 2.24) is 0 Å². The van der Waals surface area contributed by atoms with Crippen LogP contribution in [0.15, 0.2) is 24.3 Å². The fourth-order valence-electron chi connectivity index (χ4n) is 1.05. The number of anilines is 1. The van der Waals surface area contributed by atoms with Gasteiger partial charge in [0.25, 0.3) is 0 Å². The number of nitrogens with one attached hydrogen (secondary N) is 1. The molecule has 0 aliphatic rings. The Morgan fingerprint density at radius 2 is 1.71 bits per heavy atom. The molecule has 1 aromatic rings. The van der Waals surface area contributed by atoms with Crippen LogP contribution >= 0.6 is 0 Å². The Kier molecular flexibility index (Phi) is 3.06. The SMILES string of the molecule is NC(=O)Cc1ccc(NC(N)=O)cc1. The highest BCUT2D eigenvalue weighted by Gasteiger charge is 1.99. The van der Waals surface area contributed by atoms with E-state index in [1.165, 1.54) is 0 Å². The van der Waals surface area contributed by atoms with E-state index >= 15 is 0 Å². The van der Waals surface area contributed by atoms with Crippen molar-refractivity contribution in [3.8, 4) is 0 Å². The summed E-state index contributed by atoms with van der Waals surface area (Å²) in [5.41, 5.74) is 11.3. The summed E-state index contributed by atoms with van der Waals surface area (Å²) >= 11 is 0. The number of urea groups is 1. The van der Waals surface area contributed by atoms with Crippen LogP contribution in [0.5, 0.6) is 0 Å². The van der Waals surface area contributed by atoms with Gasteiger partial charge in [0.2, 0.25) is 5.91 Å². The molecule has 1 rings (SSSR count). The van der Waals surface area contributed by atoms with Crippen molar-refractivity contribution in [3.05, 3.63) is 29.8 Å². The fourth-order valence-corrected chi connectivity index (χ4v) is 1.05. The second-order valence-corrected chi connectivity index (χ2v) is 2.83. The van der Waals surface area contributed by atoms with Crippen molar-refractivity contribution >= 4 is 17.6 Å². The Hall–Kier alpha value is -2.04. The Morgan fingerprint density at radius 3 is 2.14 bits per heavy atom. The molecule has 0 saturated heterocycles. The van der Waals surface area contributed by atoms with Crippen molar-refractivity contribution in [2.24, 2.45) is 11.5 Å². The van der Waals surface area contributed by atoms with Crippen LogP contribution in [0.4, 0.5) is 10.5 Å². The quantitative estimate of drug-likeness (QED) is 0.639. The maximum atomic E-state index is 10.6. The van der Waals surface area contributed by atoms with Gasteiger partial charge in [-0.25, -0.2) is 4.79 Å². The van der Waals surface area contributed by atoms with Crippen molar-refractivity contribution < 1.29 is 9.59 Å². The highest BCUT2D eigenvalue weighted by Crippen LogP contribution is 2.09. The number of hydrogen-bond donors (Lipinski definition) is 3. The van der Waals surface area contributed by atoms with Crippen LogP contribution < -0.4 is 16.8 Å². The molecule has 0 heterocycles. The number of amides is 3. The highest BCUT2D eigenvalue weighted by molar-refractivity contribution is 5.87. The summed E-state index contributed by atoms with van der Waals surface area (Å²) in [6.07, 6.45) is 0.191. The van der Waals surface area contributed by atoms with Gasteiger partial charge in [-0.15, -0.1) is 0 Å². The van der Waals surface area contributed by atoms with Crippen LogP contribution in [0.1, 0.15) is 5.56 Å². The van der Waals surface area contributed by atoms with Gasteiger partial charge in [0.15, 0.2) is 0 Å². The summed E-state index contributed by atoms with van der Waals surface area (Å²) in [7, 11) is 0. The molecule has 0 aromatic heterocycles. The van der Waals surface area contributed by atoms with Gasteiger partial charge in [-0.05, 0) is 17.7 Å². The monoisotopic (exact) mass is 193 g/mol. The Labute approximate surface area is 81.1 Å². The first-order valence-corrected chi connectivity index (χ1v) is 4.01. The molecule has 0 saturated carbocycles. The second-order valence-electron chi connectivity index (χ2n) is 2.83. The topological polar surface area (TPSA) is 98.2 Å². The van der Waals surface area contributed by atoms with E-state index in [1.54, 1.807) is 24.3 Å². The molecule has 0 radical (unpaired) electrons. The number of hydrogen-bond acceptors (Lipinski definition) is 2. The first-order valence-electron chi connectivity index (χ1n) is 4.01. The number of benzene rings is 1. The van der Waals surface area contributed by atoms with Crippen LogP contribution in [0.2, 0.25) is 0 Å². The van der Waals surface area contributed by atoms with Gasteiger partial charge in [-0.2, -0.15) is 0 Å². The van der Waals surface area contributed by atoms with Gasteiger partial charge in [0, 0.05) is 5.69 Å². The van der Waals surface area contributed by atoms with E-state index < -0.39 is 6.03 Å². The molecular formula is C9H11N3O2. The molecule has 5 heteroatoms. The summed E-state index contributed by atoms with van der Waals surface area (Å²) in [5, 5.41) is 2.41. The predicted molar refractivity (Wildman–Crippen MR) is 52.5 cm³/mol. The molecule has 0 spiro atoms. The lowest BCUT2D eigenvalue weighted by Crippen LogP contribution is -2.19. The normalized spacial score (nSPS) is 9.43. The molecule has 5 N–H and O–H groups in total. The number of carbonyl (C=O) groups excluding carboxylic acids is 2. The molecule has 0 fully saturated rings. The van der Waals surface area contributed by atoms with Crippen molar-refractivity contribution in [2.75, 3.05) is 5.32 Å². The van der Waals surface area contributed by atoms with Crippen LogP contribution in [-0.2, 0) is 11.2 Å². The first kappa shape index (κ1) is 10.0. The fraction of sp³-hybridized carbons (Fsp3) is 0.111. The van der Waals surface area contributed by atoms with Gasteiger partial charge < -0.3 is 16.8 Å². The lowest BCUT2D eigenvalue weighted by Gasteiger charge is -2.02. The number of carbonyl (C=O) groups is 2. The minimum atomic E-state index is -0.618. The van der Waals surface area contributed by atoms with E-state index in [0.717, 1.165) is 5.56 Å². The summed E-state index contributed by atoms with van der Waals surface area (Å²) in [6, 6.07) is 6.10. The van der Waals surface area contributed by atoms with Gasteiger partial charge in [0.1, 0.15) is 0 Å². The lowest BCUT2D eigenvalue weighted by atomic mass is 10.1. The molecular weight excluding hydrogens is 182 g/mol. The van der Waals surface area contributed by atoms with Crippen molar-refractivity contribution in [1.29, 1.82) is 0 Å². The van der Waals surface area contributed by atoms with E-state index in [9.17, 15) is 9.59 Å². The highest BCUT2D eigenvalue weighted by atomic mass is 16.2. The van der Waals surface area contributed by atoms with Crippen LogP contribution in [0.3, 0.4) is 0 Å². The average Bonchev–Trinajstić information content (AvgIpc) is 2.06. The van der Waals surface area contributed by atoms with Crippen LogP contribution in [0.25, 0.3) is 0 Å². The molecule has 0 aliphatic heterocycles. The molecule has 0 unspecified atom stereocenters. The summed E-state index contributed by atoms with van der Waals surface area (Å²) < 4.78 is 0. The lowest BCUT2D eigenvalue weighted by molar-refractivity contribution is -0.117. The number of rotatable bonds is 3. The molecule has 0 aliphatic carbocycles. The molecule has 0 atom stereocenters. The van der Waals surface area contributed by atoms with E-state index in [1.807, 2.05) is 0 Å². The van der Waals surface area contributed by atoms with E-state index in [0.29, 0.717) is 5.69 Å². The van der Waals surface area contributed by atoms with Crippen molar-refractivity contribution in [2.45, 2.75) is 6.42 Å². The summed E-state index contributed by atoms with van der Waals surface area (Å²) in [4.78, 5) is 21.0. The van der Waals surface area contributed by atoms with E-state index in [-0.39, 0.29) is 12.3 Å². The maximum Gasteiger partial charge on any atom is 0.316 e. The van der Waals surface area contributed by atoms with E-state index in [4.69, 9.17) is 11.5 Å². The van der Waals surface area contributed by atoms with Crippen LogP contribution in [0, 0.1) is 0 Å². The number of primary amides is 2. The minimum Gasteiger partial charge on any atom is -0.369 e. The standard InChI is InChI=1S/C9H11N3O2/c10-8(13)5-6-1-3-7(4-2-6)12-9(11)14/h1-4H,5H2,(H2,10,13)(H3,11,12,14). The third kappa shape index (κ3) is 3.14. The summed E-state index contributed by atoms with van der Waals surface area (Å²) in [6.45, 7) is 0. The zero-order valence-corrected chi connectivity index (χ0v) is 7.49. The zero-order valence-electron chi connectivity index (χ0n) is 7.49. The van der Waals surface area contributed by atoms with Gasteiger partial charge in [-0.3, -0.25) is 4.79 Å². The van der Waals surface area contributed by atoms with Crippen LogP contribution in [-0.4, -0.2) is 11.9 Å². The minimum absolute atomic E-state index is 0.191. The third-order valence-corrected chi connectivity index (χ3v) is 1.60. The molecule has 5 nitrogen and oxygen atoms in total. The van der Waals surface area contributed by atoms with Gasteiger partial charge in [0.05, 0.1) is 6.42 Å². The predicted octanol–water partition coefficient (Wildman–Crippen LogP) is 0.205. The Morgan fingerprint density at radius 1 is 1.14 bits per heavy atom. The number of nitrogens with two attached hydrogens (primary N) is 2. The largest absolute Gasteiger partial charge is 0.369 e. The van der Waals surface area contributed by atoms with Gasteiger partial charge >= 0.3 is 6.03 Å². The van der Waals surface area contributed by atoms with Crippen molar-refractivity contribution in [3.63, 3.8) is 0 Å². The van der Waals surface area contributed by atoms with Gasteiger partial charge in [-0.1, -0.05) is 12.1 Å². The molecule has 1 aromatic carbocycles. The first-order chi connectivity index (χ1) is 6.58. The molecule has 0 bridgehead atoms. The molecule has 74 valence electrons. The third-order valence-electron chi connectivity index (χ3n) is 1.60. The Bertz CT molecular complexity index is 311. The molecule has 14 heavy (non-hydrogen) atoms. The average molecular weight is 193 g/mol. The maximum absolute atomic E-state index is 10.6. The van der Waals surface area contributed by atoms with E-state index in [2.05, 4.69) is 5.32 Å². The molecule has 3 amide bonds. The zero-order chi connectivity index (χ0) is 10.6. The summed E-state index contributed by atoms with van der Waals surface area (Å²) in [5.74, 6) is -0.388.